The van der Waals surface area contributed by atoms with Crippen LogP contribution in [0, 0.1) is 5.82 Å². The highest BCUT2D eigenvalue weighted by atomic mass is 32.2. The quantitative estimate of drug-likeness (QED) is 0.627. The molecule has 7 nitrogen and oxygen atoms in total. The van der Waals surface area contributed by atoms with Crippen LogP contribution in [0.4, 0.5) is 4.39 Å². The third kappa shape index (κ3) is 4.45. The van der Waals surface area contributed by atoms with Crippen LogP contribution in [0.15, 0.2) is 51.6 Å². The smallest absolute Gasteiger partial charge is 0.338 e. The second-order valence-electron chi connectivity index (χ2n) is 7.74. The zero-order chi connectivity index (χ0) is 22.7. The van der Waals surface area contributed by atoms with Gasteiger partial charge in [0.25, 0.3) is 0 Å². The molecule has 170 valence electrons. The number of carbonyl (C=O) groups is 2. The first-order chi connectivity index (χ1) is 15.5. The first-order valence-corrected chi connectivity index (χ1v) is 11.6. The number of nitrogens with zero attached hydrogens (tertiary/aromatic N) is 2. The minimum atomic E-state index is -0.765. The van der Waals surface area contributed by atoms with E-state index in [0.29, 0.717) is 35.1 Å². The van der Waals surface area contributed by atoms with Crippen LogP contribution in [0.2, 0.25) is 0 Å². The third-order valence-electron chi connectivity index (χ3n) is 5.72. The number of nitrogens with one attached hydrogen (secondary N) is 1. The lowest BCUT2D eigenvalue weighted by atomic mass is 9.92. The highest BCUT2D eigenvalue weighted by Crippen LogP contribution is 2.45. The Bertz CT molecular complexity index is 1000. The molecular weight excluding hydrogens is 433 g/mol. The summed E-state index contributed by atoms with van der Waals surface area (Å²) in [5.74, 6) is -1.16. The molecule has 1 saturated heterocycles. The zero-order valence-corrected chi connectivity index (χ0v) is 18.9. The molecule has 32 heavy (non-hydrogen) atoms. The van der Waals surface area contributed by atoms with Gasteiger partial charge in [-0.1, -0.05) is 36.9 Å². The Kier molecular flexibility index (Phi) is 6.95. The Morgan fingerprint density at radius 1 is 1.38 bits per heavy atom. The highest BCUT2D eigenvalue weighted by Gasteiger charge is 2.42. The number of carbonyl (C=O) groups excluding carboxylic acids is 2. The fourth-order valence-electron chi connectivity index (χ4n) is 4.16. The van der Waals surface area contributed by atoms with Gasteiger partial charge in [0.1, 0.15) is 5.82 Å². The number of rotatable bonds is 7. The van der Waals surface area contributed by atoms with Crippen LogP contribution in [0.1, 0.15) is 44.2 Å². The number of esters is 1. The molecule has 3 aliphatic heterocycles. The predicted octanol–water partition coefficient (Wildman–Crippen LogP) is 3.65. The van der Waals surface area contributed by atoms with Gasteiger partial charge in [-0.3, -0.25) is 4.79 Å². The average Bonchev–Trinajstić information content (AvgIpc) is 3.46. The van der Waals surface area contributed by atoms with Gasteiger partial charge in [-0.2, -0.15) is 0 Å². The molecule has 0 bridgehead atoms. The Morgan fingerprint density at radius 2 is 2.19 bits per heavy atom. The second-order valence-corrected chi connectivity index (χ2v) is 8.57. The monoisotopic (exact) mass is 459 g/mol. The van der Waals surface area contributed by atoms with Crippen LogP contribution < -0.4 is 5.32 Å². The van der Waals surface area contributed by atoms with Crippen molar-refractivity contribution in [3.8, 4) is 0 Å². The molecule has 1 amide bonds. The SMILES string of the molecule is CCC1=C(C(=O)OC)[C@H](c2ccccc2F)N2C(CC(=O)NC[C@@H]3CCCO3)=CSC2=N1. The maximum absolute atomic E-state index is 14.9. The van der Waals surface area contributed by atoms with Gasteiger partial charge in [-0.15, -0.1) is 0 Å². The number of ether oxygens (including phenoxy) is 2. The van der Waals surface area contributed by atoms with E-state index in [0.717, 1.165) is 19.4 Å². The van der Waals surface area contributed by atoms with Crippen molar-refractivity contribution in [1.82, 2.24) is 10.2 Å². The molecule has 0 aromatic heterocycles. The van der Waals surface area contributed by atoms with E-state index in [4.69, 9.17) is 9.47 Å². The standard InChI is InChI=1S/C23H26FN3O4S/c1-3-18-20(22(29)30-2)21(16-8-4-5-9-17(16)24)27-14(13-32-23(27)26-18)11-19(28)25-12-15-7-6-10-31-15/h4-5,8-9,13,15,21H,3,6-7,10-12H2,1-2H3,(H,25,28)/t15-,21-/m0/s1. The molecule has 0 radical (unpaired) electrons. The van der Waals surface area contributed by atoms with Crippen LogP contribution in [0.25, 0.3) is 0 Å². The number of methoxy groups -OCH3 is 1. The average molecular weight is 460 g/mol. The minimum Gasteiger partial charge on any atom is -0.466 e. The van der Waals surface area contributed by atoms with Gasteiger partial charge in [-0.05, 0) is 30.7 Å². The number of thioether (sulfide) groups is 1. The molecule has 0 unspecified atom stereocenters. The van der Waals surface area contributed by atoms with Gasteiger partial charge in [0, 0.05) is 24.4 Å². The fourth-order valence-corrected chi connectivity index (χ4v) is 5.10. The lowest BCUT2D eigenvalue weighted by Gasteiger charge is -2.36. The summed E-state index contributed by atoms with van der Waals surface area (Å²) in [6.45, 7) is 3.08. The van der Waals surface area contributed by atoms with E-state index in [1.165, 1.54) is 24.9 Å². The van der Waals surface area contributed by atoms with Crippen molar-refractivity contribution >= 4 is 28.8 Å². The molecule has 3 aliphatic rings. The van der Waals surface area contributed by atoms with E-state index < -0.39 is 17.8 Å². The molecule has 4 rings (SSSR count). The van der Waals surface area contributed by atoms with Gasteiger partial charge < -0.3 is 19.7 Å². The highest BCUT2D eigenvalue weighted by molar-refractivity contribution is 8.16. The lowest BCUT2D eigenvalue weighted by Crippen LogP contribution is -2.39. The van der Waals surface area contributed by atoms with Gasteiger partial charge in [0.15, 0.2) is 5.17 Å². The van der Waals surface area contributed by atoms with Crippen LogP contribution >= 0.6 is 11.8 Å². The maximum atomic E-state index is 14.9. The second kappa shape index (κ2) is 9.87. The Hall–Kier alpha value is -2.65. The minimum absolute atomic E-state index is 0.0464. The first-order valence-electron chi connectivity index (χ1n) is 10.7. The fraction of sp³-hybridized carbons (Fsp3) is 0.435. The van der Waals surface area contributed by atoms with Crippen molar-refractivity contribution < 1.29 is 23.5 Å². The number of fused-ring (bicyclic) bond motifs is 1. The van der Waals surface area contributed by atoms with Crippen molar-refractivity contribution in [2.75, 3.05) is 20.3 Å². The first kappa shape index (κ1) is 22.5. The molecule has 2 atom stereocenters. The van der Waals surface area contributed by atoms with Crippen LogP contribution in [-0.2, 0) is 19.1 Å². The molecule has 3 heterocycles. The number of hydrogen-bond acceptors (Lipinski definition) is 7. The van der Waals surface area contributed by atoms with Crippen molar-refractivity contribution in [2.45, 2.75) is 44.8 Å². The molecule has 1 fully saturated rings. The van der Waals surface area contributed by atoms with Gasteiger partial charge >= 0.3 is 5.97 Å². The molecule has 1 N–H and O–H groups in total. The number of amides is 1. The van der Waals surface area contributed by atoms with E-state index in [-0.39, 0.29) is 24.0 Å². The molecule has 0 saturated carbocycles. The predicted molar refractivity (Wildman–Crippen MR) is 120 cm³/mol. The number of allylic oxidation sites excluding steroid dienone is 1. The molecule has 1 aromatic rings. The van der Waals surface area contributed by atoms with E-state index in [1.807, 2.05) is 12.3 Å². The topological polar surface area (TPSA) is 80.2 Å². The van der Waals surface area contributed by atoms with Crippen molar-refractivity contribution in [3.05, 3.63) is 58.0 Å². The summed E-state index contributed by atoms with van der Waals surface area (Å²) in [5, 5.41) is 5.37. The Balaban J connectivity index is 1.64. The number of halogens is 1. The van der Waals surface area contributed by atoms with Crippen molar-refractivity contribution in [2.24, 2.45) is 4.99 Å². The van der Waals surface area contributed by atoms with E-state index >= 15 is 0 Å². The van der Waals surface area contributed by atoms with Crippen LogP contribution in [-0.4, -0.2) is 48.3 Å². The molecule has 1 aromatic carbocycles. The number of aliphatic imine (C=N–C) groups is 1. The van der Waals surface area contributed by atoms with Crippen LogP contribution in [0.5, 0.6) is 0 Å². The van der Waals surface area contributed by atoms with E-state index in [2.05, 4.69) is 10.3 Å². The normalized spacial score (nSPS) is 22.4. The molecule has 0 spiro atoms. The summed E-state index contributed by atoms with van der Waals surface area (Å²) < 4.78 is 25.5. The van der Waals surface area contributed by atoms with Crippen molar-refractivity contribution in [1.29, 1.82) is 0 Å². The number of benzene rings is 1. The lowest BCUT2D eigenvalue weighted by molar-refractivity contribution is -0.136. The van der Waals surface area contributed by atoms with E-state index in [1.54, 1.807) is 23.1 Å². The van der Waals surface area contributed by atoms with Crippen LogP contribution in [0.3, 0.4) is 0 Å². The molecular formula is C23H26FN3O4S. The van der Waals surface area contributed by atoms with Gasteiger partial charge in [-0.25, -0.2) is 14.2 Å². The summed E-state index contributed by atoms with van der Waals surface area (Å²) in [5.41, 5.74) is 1.83. The molecule has 0 aliphatic carbocycles. The summed E-state index contributed by atoms with van der Waals surface area (Å²) >= 11 is 1.37. The number of amidine groups is 1. The summed E-state index contributed by atoms with van der Waals surface area (Å²) in [4.78, 5) is 31.9. The maximum Gasteiger partial charge on any atom is 0.338 e. The third-order valence-corrected chi connectivity index (χ3v) is 6.61. The van der Waals surface area contributed by atoms with Crippen molar-refractivity contribution in [3.63, 3.8) is 0 Å². The summed E-state index contributed by atoms with van der Waals surface area (Å²) in [7, 11) is 1.30. The largest absolute Gasteiger partial charge is 0.466 e. The molecule has 9 heteroatoms. The number of hydrogen-bond donors (Lipinski definition) is 1. The van der Waals surface area contributed by atoms with E-state index in [9.17, 15) is 14.0 Å². The van der Waals surface area contributed by atoms with Gasteiger partial charge in [0.05, 0.1) is 36.9 Å². The summed E-state index contributed by atoms with van der Waals surface area (Å²) in [6.07, 6.45) is 2.56. The zero-order valence-electron chi connectivity index (χ0n) is 18.1. The van der Waals surface area contributed by atoms with Gasteiger partial charge in [0.2, 0.25) is 5.91 Å². The summed E-state index contributed by atoms with van der Waals surface area (Å²) in [6, 6.07) is 5.58. The Morgan fingerprint density at radius 3 is 2.88 bits per heavy atom. The Labute approximate surface area is 190 Å².